The molecule has 0 aliphatic heterocycles. The molecule has 0 N–H and O–H groups in total. The first-order chi connectivity index (χ1) is 39.0. The van der Waals surface area contributed by atoms with Gasteiger partial charge in [-0.05, 0) is 51.4 Å². The fourth-order valence-corrected chi connectivity index (χ4v) is 11.1. The van der Waals surface area contributed by atoms with Crippen molar-refractivity contribution < 1.29 is 28.6 Å². The molecule has 0 fully saturated rings. The average molecular weight is 1110 g/mol. The van der Waals surface area contributed by atoms with Gasteiger partial charge in [-0.3, -0.25) is 14.4 Å². The van der Waals surface area contributed by atoms with E-state index in [4.69, 9.17) is 14.2 Å². The summed E-state index contributed by atoms with van der Waals surface area (Å²) in [5.74, 6) is -0.845. The number of carbonyl (C=O) groups is 3. The van der Waals surface area contributed by atoms with Crippen molar-refractivity contribution in [1.82, 2.24) is 0 Å². The fourth-order valence-electron chi connectivity index (χ4n) is 11.1. The summed E-state index contributed by atoms with van der Waals surface area (Å²) in [5.41, 5.74) is 0. The molecule has 0 saturated heterocycles. The van der Waals surface area contributed by atoms with Gasteiger partial charge < -0.3 is 14.2 Å². The molecule has 0 spiro atoms. The smallest absolute Gasteiger partial charge is 0.306 e. The van der Waals surface area contributed by atoms with Crippen LogP contribution in [0.4, 0.5) is 0 Å². The second kappa shape index (κ2) is 68.4. The Balaban J connectivity index is 3.95. The largest absolute Gasteiger partial charge is 0.462 e. The van der Waals surface area contributed by atoms with E-state index < -0.39 is 6.10 Å². The van der Waals surface area contributed by atoms with E-state index in [9.17, 15) is 14.4 Å². The molecule has 466 valence electrons. The monoisotopic (exact) mass is 1110 g/mol. The number of rotatable bonds is 67. The lowest BCUT2D eigenvalue weighted by molar-refractivity contribution is -0.167. The Morgan fingerprint density at radius 3 is 0.696 bits per heavy atom. The predicted molar refractivity (Wildman–Crippen MR) is 344 cm³/mol. The van der Waals surface area contributed by atoms with Crippen LogP contribution in [0, 0.1) is 0 Å². The van der Waals surface area contributed by atoms with Crippen molar-refractivity contribution in [3.63, 3.8) is 0 Å². The van der Waals surface area contributed by atoms with E-state index in [0.29, 0.717) is 19.3 Å². The molecule has 0 saturated carbocycles. The first-order valence-corrected chi connectivity index (χ1v) is 35.8. The van der Waals surface area contributed by atoms with Gasteiger partial charge in [-0.2, -0.15) is 0 Å². The number of hydrogen-bond acceptors (Lipinski definition) is 6. The van der Waals surface area contributed by atoms with Gasteiger partial charge in [-0.15, -0.1) is 0 Å². The highest BCUT2D eigenvalue weighted by Crippen LogP contribution is 2.19. The number of allylic oxidation sites excluding steroid dienone is 4. The first-order valence-electron chi connectivity index (χ1n) is 35.8. The Labute approximate surface area is 493 Å². The van der Waals surface area contributed by atoms with E-state index >= 15 is 0 Å². The quantitative estimate of drug-likeness (QED) is 0.0261. The summed E-state index contributed by atoms with van der Waals surface area (Å²) >= 11 is 0. The molecule has 6 heteroatoms. The molecular weight excluding hydrogens is 973 g/mol. The summed E-state index contributed by atoms with van der Waals surface area (Å²) in [5, 5.41) is 0. The van der Waals surface area contributed by atoms with Gasteiger partial charge in [-0.1, -0.05) is 360 Å². The summed E-state index contributed by atoms with van der Waals surface area (Å²) < 4.78 is 16.9. The normalized spacial score (nSPS) is 12.1. The van der Waals surface area contributed by atoms with Gasteiger partial charge in [0.05, 0.1) is 0 Å². The van der Waals surface area contributed by atoms with Crippen LogP contribution in [-0.4, -0.2) is 37.2 Å². The van der Waals surface area contributed by atoms with Gasteiger partial charge in [0.2, 0.25) is 0 Å². The zero-order valence-corrected chi connectivity index (χ0v) is 53.7. The molecule has 0 aromatic rings. The molecule has 0 rings (SSSR count). The minimum atomic E-state index is -0.765. The zero-order valence-electron chi connectivity index (χ0n) is 53.7. The number of unbranched alkanes of at least 4 members (excludes halogenated alkanes) is 52. The van der Waals surface area contributed by atoms with Crippen molar-refractivity contribution in [3.8, 4) is 0 Å². The summed E-state index contributed by atoms with van der Waals surface area (Å²) in [6.45, 7) is 6.65. The van der Waals surface area contributed by atoms with Crippen LogP contribution in [0.25, 0.3) is 0 Å². The van der Waals surface area contributed by atoms with Gasteiger partial charge in [0.15, 0.2) is 6.10 Å². The molecule has 0 heterocycles. The van der Waals surface area contributed by atoms with Crippen molar-refractivity contribution in [2.24, 2.45) is 0 Å². The van der Waals surface area contributed by atoms with E-state index in [1.165, 1.54) is 302 Å². The lowest BCUT2D eigenvalue weighted by atomic mass is 10.0. The average Bonchev–Trinajstić information content (AvgIpc) is 3.45. The van der Waals surface area contributed by atoms with Crippen LogP contribution >= 0.6 is 0 Å². The molecule has 0 aromatic carbocycles. The summed E-state index contributed by atoms with van der Waals surface area (Å²) in [7, 11) is 0. The second-order valence-corrected chi connectivity index (χ2v) is 24.5. The third-order valence-electron chi connectivity index (χ3n) is 16.5. The molecule has 0 amide bonds. The molecular formula is C73H138O6. The van der Waals surface area contributed by atoms with Gasteiger partial charge in [-0.25, -0.2) is 0 Å². The fraction of sp³-hybridized carbons (Fsp3) is 0.904. The van der Waals surface area contributed by atoms with Gasteiger partial charge in [0, 0.05) is 19.3 Å². The molecule has 0 radical (unpaired) electrons. The summed E-state index contributed by atoms with van der Waals surface area (Å²) in [6, 6.07) is 0. The Bertz CT molecular complexity index is 1270. The number of ether oxygens (including phenoxy) is 3. The summed E-state index contributed by atoms with van der Waals surface area (Å²) in [4.78, 5) is 38.1. The minimum Gasteiger partial charge on any atom is -0.462 e. The van der Waals surface area contributed by atoms with Gasteiger partial charge >= 0.3 is 17.9 Å². The lowest BCUT2D eigenvalue weighted by Crippen LogP contribution is -2.30. The third-order valence-corrected chi connectivity index (χ3v) is 16.5. The van der Waals surface area contributed by atoms with Crippen molar-refractivity contribution in [2.45, 2.75) is 412 Å². The molecule has 1 atom stereocenters. The maximum atomic E-state index is 12.9. The highest BCUT2D eigenvalue weighted by Gasteiger charge is 2.19. The van der Waals surface area contributed by atoms with Crippen molar-refractivity contribution in [1.29, 1.82) is 0 Å². The van der Waals surface area contributed by atoms with Crippen LogP contribution in [0.5, 0.6) is 0 Å². The van der Waals surface area contributed by atoms with Gasteiger partial charge in [0.1, 0.15) is 13.2 Å². The number of esters is 3. The molecule has 0 aliphatic rings. The number of hydrogen-bond donors (Lipinski definition) is 0. The first kappa shape index (κ1) is 76.9. The SMILES string of the molecule is CCCCCCC/C=C\C/C=C\CCCCCCCCCCCCCCCCCCCC(=O)OCC(COC(=O)CCCCCCCC)OC(=O)CCCCCCCCCCCCCCCCCCCCCCCCCCCC. The second-order valence-electron chi connectivity index (χ2n) is 24.5. The van der Waals surface area contributed by atoms with Crippen LogP contribution in [0.3, 0.4) is 0 Å². The van der Waals surface area contributed by atoms with Crippen LogP contribution in [0.15, 0.2) is 24.3 Å². The van der Waals surface area contributed by atoms with E-state index in [1.54, 1.807) is 0 Å². The Kier molecular flexibility index (Phi) is 66.6. The molecule has 0 aliphatic carbocycles. The predicted octanol–water partition coefficient (Wildman–Crippen LogP) is 24.6. The summed E-state index contributed by atoms with van der Waals surface area (Å²) in [6.07, 6.45) is 84.0. The van der Waals surface area contributed by atoms with Crippen LogP contribution in [0.2, 0.25) is 0 Å². The Morgan fingerprint density at radius 1 is 0.253 bits per heavy atom. The van der Waals surface area contributed by atoms with Crippen LogP contribution in [0.1, 0.15) is 406 Å². The van der Waals surface area contributed by atoms with Crippen molar-refractivity contribution in [3.05, 3.63) is 24.3 Å². The van der Waals surface area contributed by atoms with E-state index in [1.807, 2.05) is 0 Å². The standard InChI is InChI=1S/C73H138O6/c1-4-7-10-13-16-18-20-22-24-26-28-30-32-34-36-37-38-40-41-43-45-47-49-51-53-55-57-60-63-66-72(75)78-69-70(68-77-71(74)65-62-59-15-12-9-6-3)79-73(76)67-64-61-58-56-54-52-50-48-46-44-42-39-35-33-31-29-27-25-23-21-19-17-14-11-8-5-2/h20,22,26,28,70H,4-19,21,23-25,27,29-69H2,1-3H3/b22-20-,28-26-. The number of carbonyl (C=O) groups excluding carboxylic acids is 3. The maximum Gasteiger partial charge on any atom is 0.306 e. The molecule has 1 unspecified atom stereocenters. The highest BCUT2D eigenvalue weighted by atomic mass is 16.6. The Morgan fingerprint density at radius 2 is 0.456 bits per heavy atom. The highest BCUT2D eigenvalue weighted by molar-refractivity contribution is 5.71. The van der Waals surface area contributed by atoms with Crippen molar-refractivity contribution in [2.75, 3.05) is 13.2 Å². The molecule has 79 heavy (non-hydrogen) atoms. The van der Waals surface area contributed by atoms with E-state index in [2.05, 4.69) is 45.1 Å². The minimum absolute atomic E-state index is 0.0648. The maximum absolute atomic E-state index is 12.9. The molecule has 0 aromatic heterocycles. The van der Waals surface area contributed by atoms with E-state index in [-0.39, 0.29) is 31.1 Å². The zero-order chi connectivity index (χ0) is 57.1. The topological polar surface area (TPSA) is 78.9 Å². The van der Waals surface area contributed by atoms with Crippen LogP contribution in [-0.2, 0) is 28.6 Å². The van der Waals surface area contributed by atoms with Crippen LogP contribution < -0.4 is 0 Å². The lowest BCUT2D eigenvalue weighted by Gasteiger charge is -2.18. The van der Waals surface area contributed by atoms with Gasteiger partial charge in [0.25, 0.3) is 0 Å². The van der Waals surface area contributed by atoms with E-state index in [0.717, 1.165) is 64.2 Å². The third kappa shape index (κ3) is 66.6. The molecule has 6 nitrogen and oxygen atoms in total. The molecule has 0 bridgehead atoms. The Hall–Kier alpha value is -2.11. The van der Waals surface area contributed by atoms with Crippen molar-refractivity contribution >= 4 is 17.9 Å².